The lowest BCUT2D eigenvalue weighted by Crippen LogP contribution is -2.19. The van der Waals surface area contributed by atoms with E-state index in [1.165, 1.54) is 17.4 Å². The van der Waals surface area contributed by atoms with E-state index in [1.54, 1.807) is 4.40 Å². The zero-order valence-corrected chi connectivity index (χ0v) is 16.1. The molecule has 0 fully saturated rings. The van der Waals surface area contributed by atoms with Crippen LogP contribution in [0.5, 0.6) is 0 Å². The molecule has 0 amide bonds. The zero-order chi connectivity index (χ0) is 19.5. The van der Waals surface area contributed by atoms with E-state index in [2.05, 4.69) is 4.98 Å². The first-order chi connectivity index (χ1) is 13.6. The number of ether oxygens (including phenoxy) is 1. The van der Waals surface area contributed by atoms with Gasteiger partial charge in [0, 0.05) is 17.1 Å². The van der Waals surface area contributed by atoms with Crippen LogP contribution in [0.4, 0.5) is 0 Å². The number of aromatic nitrogens is 2. The van der Waals surface area contributed by atoms with Gasteiger partial charge in [-0.15, -0.1) is 11.3 Å². The van der Waals surface area contributed by atoms with E-state index in [0.29, 0.717) is 10.7 Å². The number of aryl methyl sites for hydroxylation is 1. The van der Waals surface area contributed by atoms with Crippen LogP contribution in [0.1, 0.15) is 28.4 Å². The van der Waals surface area contributed by atoms with Gasteiger partial charge in [-0.2, -0.15) is 0 Å². The minimum Gasteiger partial charge on any atom is -0.458 e. The quantitative estimate of drug-likeness (QED) is 0.484. The van der Waals surface area contributed by atoms with Crippen molar-refractivity contribution in [3.8, 4) is 0 Å². The van der Waals surface area contributed by atoms with Crippen molar-refractivity contribution in [2.24, 2.45) is 0 Å². The Morgan fingerprint density at radius 3 is 2.29 bits per heavy atom. The van der Waals surface area contributed by atoms with Crippen LogP contribution in [-0.4, -0.2) is 15.4 Å². The van der Waals surface area contributed by atoms with Gasteiger partial charge < -0.3 is 4.74 Å². The van der Waals surface area contributed by atoms with Gasteiger partial charge in [-0.1, -0.05) is 60.7 Å². The molecule has 2 aromatic heterocycles. The molecule has 6 heteroatoms. The molecule has 0 aliphatic carbocycles. The second kappa shape index (κ2) is 7.78. The summed E-state index contributed by atoms with van der Waals surface area (Å²) in [6, 6.07) is 20.4. The predicted octanol–water partition coefficient (Wildman–Crippen LogP) is 3.94. The van der Waals surface area contributed by atoms with Crippen molar-refractivity contribution in [3.63, 3.8) is 0 Å². The topological polar surface area (TPSA) is 60.7 Å². The molecule has 0 bridgehead atoms. The number of hydrogen-bond donors (Lipinski definition) is 0. The Bertz CT molecular complexity index is 1130. The van der Waals surface area contributed by atoms with E-state index < -0.39 is 5.92 Å². The predicted molar refractivity (Wildman–Crippen MR) is 109 cm³/mol. The number of rotatable bonds is 5. The summed E-state index contributed by atoms with van der Waals surface area (Å²) in [5.74, 6) is -0.905. The van der Waals surface area contributed by atoms with E-state index in [0.717, 1.165) is 16.8 Å². The summed E-state index contributed by atoms with van der Waals surface area (Å²) in [5.41, 5.74) is 2.83. The third-order valence-corrected chi connectivity index (χ3v) is 5.44. The van der Waals surface area contributed by atoms with E-state index >= 15 is 0 Å². The fraction of sp³-hybridized carbons (Fsp3) is 0.136. The van der Waals surface area contributed by atoms with Crippen LogP contribution in [0.15, 0.2) is 76.9 Å². The summed E-state index contributed by atoms with van der Waals surface area (Å²) in [6.07, 6.45) is 0. The van der Waals surface area contributed by atoms with Crippen LogP contribution in [0, 0.1) is 6.92 Å². The van der Waals surface area contributed by atoms with Gasteiger partial charge in [0.05, 0.1) is 5.69 Å². The van der Waals surface area contributed by atoms with Crippen molar-refractivity contribution in [3.05, 3.63) is 105 Å². The molecule has 140 valence electrons. The fourth-order valence-electron chi connectivity index (χ4n) is 3.16. The summed E-state index contributed by atoms with van der Waals surface area (Å²) >= 11 is 1.39. The Labute approximate surface area is 165 Å². The SMILES string of the molecule is Cc1csc2nc(COC(=O)C(c3ccccc3)c3ccccc3)cc(=O)n12. The number of carbonyl (C=O) groups is 1. The highest BCUT2D eigenvalue weighted by molar-refractivity contribution is 7.15. The standard InChI is InChI=1S/C22H18N2O3S/c1-15-14-28-22-23-18(12-19(25)24(15)22)13-27-21(26)20(16-8-4-2-5-9-16)17-10-6-3-7-11-17/h2-12,14,20H,13H2,1H3. The Hall–Kier alpha value is -3.25. The third kappa shape index (κ3) is 3.59. The highest BCUT2D eigenvalue weighted by Crippen LogP contribution is 2.26. The van der Waals surface area contributed by atoms with Crippen LogP contribution in [0.3, 0.4) is 0 Å². The molecule has 2 heterocycles. The molecule has 5 nitrogen and oxygen atoms in total. The number of fused-ring (bicyclic) bond motifs is 1. The first kappa shape index (κ1) is 18.1. The monoisotopic (exact) mass is 390 g/mol. The van der Waals surface area contributed by atoms with Crippen LogP contribution in [0.25, 0.3) is 4.96 Å². The number of hydrogen-bond acceptors (Lipinski definition) is 5. The van der Waals surface area contributed by atoms with Gasteiger partial charge in [0.2, 0.25) is 0 Å². The molecule has 0 radical (unpaired) electrons. The van der Waals surface area contributed by atoms with Crippen molar-refractivity contribution >= 4 is 22.3 Å². The molecule has 0 atom stereocenters. The number of thiazole rings is 1. The molecule has 0 aliphatic heterocycles. The molecule has 0 N–H and O–H groups in total. The Morgan fingerprint density at radius 1 is 1.07 bits per heavy atom. The van der Waals surface area contributed by atoms with Crippen molar-refractivity contribution in [1.29, 1.82) is 0 Å². The first-order valence-corrected chi connectivity index (χ1v) is 9.75. The Balaban J connectivity index is 1.59. The molecule has 4 aromatic rings. The highest BCUT2D eigenvalue weighted by Gasteiger charge is 2.24. The molecule has 0 spiro atoms. The van der Waals surface area contributed by atoms with Gasteiger partial charge >= 0.3 is 5.97 Å². The average molecular weight is 390 g/mol. The van der Waals surface area contributed by atoms with Gasteiger partial charge in [-0.25, -0.2) is 4.98 Å². The summed E-state index contributed by atoms with van der Waals surface area (Å²) in [5, 5.41) is 1.88. The molecular formula is C22H18N2O3S. The summed E-state index contributed by atoms with van der Waals surface area (Å²) < 4.78 is 7.11. The lowest BCUT2D eigenvalue weighted by Gasteiger charge is -2.17. The zero-order valence-electron chi connectivity index (χ0n) is 15.2. The van der Waals surface area contributed by atoms with Crippen molar-refractivity contribution in [2.45, 2.75) is 19.4 Å². The second-order valence-corrected chi connectivity index (χ2v) is 7.28. The normalized spacial score (nSPS) is 11.1. The summed E-state index contributed by atoms with van der Waals surface area (Å²) in [4.78, 5) is 30.3. The van der Waals surface area contributed by atoms with Gasteiger partial charge in [-0.3, -0.25) is 14.0 Å². The minimum atomic E-state index is -0.531. The molecule has 28 heavy (non-hydrogen) atoms. The van der Waals surface area contributed by atoms with Gasteiger partial charge in [-0.05, 0) is 18.1 Å². The lowest BCUT2D eigenvalue weighted by atomic mass is 9.91. The second-order valence-electron chi connectivity index (χ2n) is 6.44. The third-order valence-electron chi connectivity index (χ3n) is 4.49. The van der Waals surface area contributed by atoms with E-state index in [1.807, 2.05) is 73.0 Å². The van der Waals surface area contributed by atoms with Crippen molar-refractivity contribution in [2.75, 3.05) is 0 Å². The number of carbonyl (C=O) groups excluding carboxylic acids is 1. The summed E-state index contributed by atoms with van der Waals surface area (Å²) in [7, 11) is 0. The smallest absolute Gasteiger partial charge is 0.318 e. The van der Waals surface area contributed by atoms with Gasteiger partial charge in [0.15, 0.2) is 4.96 Å². The Morgan fingerprint density at radius 2 is 1.68 bits per heavy atom. The van der Waals surface area contributed by atoms with Gasteiger partial charge in [0.1, 0.15) is 12.5 Å². The number of benzene rings is 2. The molecule has 0 saturated heterocycles. The maximum Gasteiger partial charge on any atom is 0.318 e. The molecule has 0 saturated carbocycles. The molecule has 2 aromatic carbocycles. The molecule has 4 rings (SSSR count). The van der Waals surface area contributed by atoms with Crippen molar-refractivity contribution < 1.29 is 9.53 Å². The number of nitrogens with zero attached hydrogens (tertiary/aromatic N) is 2. The lowest BCUT2D eigenvalue weighted by molar-refractivity contribution is -0.145. The van der Waals surface area contributed by atoms with Crippen molar-refractivity contribution in [1.82, 2.24) is 9.38 Å². The maximum atomic E-state index is 12.9. The van der Waals surface area contributed by atoms with E-state index in [4.69, 9.17) is 4.74 Å². The summed E-state index contributed by atoms with van der Waals surface area (Å²) in [6.45, 7) is 1.81. The largest absolute Gasteiger partial charge is 0.458 e. The van der Waals surface area contributed by atoms with Gasteiger partial charge in [0.25, 0.3) is 5.56 Å². The number of esters is 1. The highest BCUT2D eigenvalue weighted by atomic mass is 32.1. The maximum absolute atomic E-state index is 12.9. The first-order valence-electron chi connectivity index (χ1n) is 8.87. The minimum absolute atomic E-state index is 0.0440. The van der Waals surface area contributed by atoms with E-state index in [9.17, 15) is 9.59 Å². The van der Waals surface area contributed by atoms with Crippen LogP contribution >= 0.6 is 11.3 Å². The average Bonchev–Trinajstić information content (AvgIpc) is 3.09. The Kier molecular flexibility index (Phi) is 5.04. The van der Waals surface area contributed by atoms with Crippen LogP contribution < -0.4 is 5.56 Å². The van der Waals surface area contributed by atoms with E-state index in [-0.39, 0.29) is 18.1 Å². The fourth-order valence-corrected chi connectivity index (χ4v) is 4.05. The van der Waals surface area contributed by atoms with Crippen LogP contribution in [0.2, 0.25) is 0 Å². The molecule has 0 unspecified atom stereocenters. The molecule has 0 aliphatic rings. The van der Waals surface area contributed by atoms with Crippen LogP contribution in [-0.2, 0) is 16.1 Å². The molecular weight excluding hydrogens is 372 g/mol.